The molecular formula is C14H14N4O2S. The van der Waals surface area contributed by atoms with Gasteiger partial charge in [0.25, 0.3) is 5.89 Å². The van der Waals surface area contributed by atoms with Gasteiger partial charge in [-0.1, -0.05) is 17.3 Å². The van der Waals surface area contributed by atoms with Gasteiger partial charge in [-0.15, -0.1) is 0 Å². The van der Waals surface area contributed by atoms with Crippen molar-refractivity contribution >= 4 is 16.5 Å². The summed E-state index contributed by atoms with van der Waals surface area (Å²) in [4.78, 5) is 4.46. The fourth-order valence-corrected chi connectivity index (χ4v) is 2.73. The van der Waals surface area contributed by atoms with E-state index in [1.54, 1.807) is 7.11 Å². The van der Waals surface area contributed by atoms with Gasteiger partial charge in [0, 0.05) is 12.6 Å². The van der Waals surface area contributed by atoms with Crippen LogP contribution in [-0.4, -0.2) is 28.7 Å². The third-order valence-electron chi connectivity index (χ3n) is 3.06. The Hall–Kier alpha value is -2.41. The van der Waals surface area contributed by atoms with Gasteiger partial charge in [-0.05, 0) is 30.6 Å². The number of hydrogen-bond acceptors (Lipinski definition) is 7. The van der Waals surface area contributed by atoms with Gasteiger partial charge in [0.15, 0.2) is 0 Å². The van der Waals surface area contributed by atoms with Gasteiger partial charge in [-0.2, -0.15) is 9.36 Å². The monoisotopic (exact) mass is 302 g/mol. The van der Waals surface area contributed by atoms with Crippen molar-refractivity contribution in [3.63, 3.8) is 0 Å². The van der Waals surface area contributed by atoms with E-state index >= 15 is 0 Å². The Morgan fingerprint density at radius 1 is 1.33 bits per heavy atom. The highest BCUT2D eigenvalue weighted by Crippen LogP contribution is 2.34. The van der Waals surface area contributed by atoms with Gasteiger partial charge in [0.2, 0.25) is 5.82 Å². The molecule has 0 radical (unpaired) electrons. The first-order valence-corrected chi connectivity index (χ1v) is 7.12. The molecule has 21 heavy (non-hydrogen) atoms. The molecule has 0 saturated carbocycles. The van der Waals surface area contributed by atoms with Gasteiger partial charge in [0.1, 0.15) is 10.8 Å². The minimum atomic E-state index is 0.461. The highest BCUT2D eigenvalue weighted by Gasteiger charge is 2.19. The predicted octanol–water partition coefficient (Wildman–Crippen LogP) is 3.22. The Bertz CT molecular complexity index is 766. The summed E-state index contributed by atoms with van der Waals surface area (Å²) < 4.78 is 14.9. The van der Waals surface area contributed by atoms with E-state index in [1.807, 2.05) is 38.2 Å². The number of nitrogens with zero attached hydrogens (tertiary/aromatic N) is 3. The van der Waals surface area contributed by atoms with Crippen molar-refractivity contribution in [3.8, 4) is 28.6 Å². The number of aromatic nitrogens is 3. The SMILES string of the molecule is CNc1snc(C)c1-c1nc(-c2cccc(OC)c2)no1. The molecule has 0 amide bonds. The van der Waals surface area contributed by atoms with Crippen molar-refractivity contribution in [1.29, 1.82) is 0 Å². The minimum absolute atomic E-state index is 0.461. The number of methoxy groups -OCH3 is 1. The van der Waals surface area contributed by atoms with Crippen LogP contribution in [0.4, 0.5) is 5.00 Å². The molecule has 2 heterocycles. The average molecular weight is 302 g/mol. The number of nitrogens with one attached hydrogen (secondary N) is 1. The lowest BCUT2D eigenvalue weighted by molar-refractivity contribution is 0.414. The Morgan fingerprint density at radius 2 is 2.19 bits per heavy atom. The Labute approximate surface area is 125 Å². The fourth-order valence-electron chi connectivity index (χ4n) is 2.00. The number of aryl methyl sites for hydroxylation is 1. The summed E-state index contributed by atoms with van der Waals surface area (Å²) in [5.41, 5.74) is 2.56. The Morgan fingerprint density at radius 3 is 2.95 bits per heavy atom. The van der Waals surface area contributed by atoms with E-state index in [1.165, 1.54) is 11.5 Å². The molecule has 7 heteroatoms. The van der Waals surface area contributed by atoms with Crippen LogP contribution in [0.2, 0.25) is 0 Å². The van der Waals surface area contributed by atoms with E-state index in [0.29, 0.717) is 11.7 Å². The lowest BCUT2D eigenvalue weighted by Crippen LogP contribution is -1.89. The first kappa shape index (κ1) is 13.6. The summed E-state index contributed by atoms with van der Waals surface area (Å²) in [6.45, 7) is 1.92. The molecule has 0 aliphatic heterocycles. The molecule has 0 aliphatic carbocycles. The van der Waals surface area contributed by atoms with Gasteiger partial charge >= 0.3 is 0 Å². The van der Waals surface area contributed by atoms with Gasteiger partial charge in [-0.25, -0.2) is 0 Å². The van der Waals surface area contributed by atoms with E-state index in [4.69, 9.17) is 9.26 Å². The van der Waals surface area contributed by atoms with Crippen LogP contribution >= 0.6 is 11.5 Å². The molecular weight excluding hydrogens is 288 g/mol. The largest absolute Gasteiger partial charge is 0.497 e. The van der Waals surface area contributed by atoms with Gasteiger partial charge < -0.3 is 14.6 Å². The molecule has 6 nitrogen and oxygen atoms in total. The van der Waals surface area contributed by atoms with Crippen molar-refractivity contribution in [2.45, 2.75) is 6.92 Å². The van der Waals surface area contributed by atoms with Crippen molar-refractivity contribution in [1.82, 2.24) is 14.5 Å². The molecule has 3 rings (SSSR count). The van der Waals surface area contributed by atoms with Gasteiger partial charge in [0.05, 0.1) is 18.4 Å². The molecule has 2 aromatic heterocycles. The predicted molar refractivity (Wildman–Crippen MR) is 81.7 cm³/mol. The maximum atomic E-state index is 5.39. The number of benzene rings is 1. The second-order valence-electron chi connectivity index (χ2n) is 4.38. The smallest absolute Gasteiger partial charge is 0.263 e. The molecule has 0 unspecified atom stereocenters. The molecule has 108 valence electrons. The Balaban J connectivity index is 2.01. The topological polar surface area (TPSA) is 73.1 Å². The van der Waals surface area contributed by atoms with Crippen LogP contribution in [0.5, 0.6) is 5.75 Å². The van der Waals surface area contributed by atoms with Crippen LogP contribution in [0.1, 0.15) is 5.69 Å². The highest BCUT2D eigenvalue weighted by atomic mass is 32.1. The molecule has 0 bridgehead atoms. The number of hydrogen-bond donors (Lipinski definition) is 1. The summed E-state index contributed by atoms with van der Waals surface area (Å²) in [5, 5.41) is 8.04. The average Bonchev–Trinajstić information content (AvgIpc) is 3.13. The van der Waals surface area contributed by atoms with Crippen LogP contribution in [-0.2, 0) is 0 Å². The van der Waals surface area contributed by atoms with E-state index in [0.717, 1.165) is 27.6 Å². The lowest BCUT2D eigenvalue weighted by Gasteiger charge is -2.00. The standard InChI is InChI=1S/C14H14N4O2S/c1-8-11(14(15-2)21-18-8)13-16-12(17-20-13)9-5-4-6-10(7-9)19-3/h4-7,15H,1-3H3. The van der Waals surface area contributed by atoms with Crippen LogP contribution in [0.15, 0.2) is 28.8 Å². The summed E-state index contributed by atoms with van der Waals surface area (Å²) in [7, 11) is 3.47. The van der Waals surface area contributed by atoms with E-state index < -0.39 is 0 Å². The summed E-state index contributed by atoms with van der Waals surface area (Å²) in [5.74, 6) is 1.74. The van der Waals surface area contributed by atoms with Crippen molar-refractivity contribution < 1.29 is 9.26 Å². The van der Waals surface area contributed by atoms with Crippen LogP contribution in [0, 0.1) is 6.92 Å². The first-order chi connectivity index (χ1) is 10.2. The van der Waals surface area contributed by atoms with E-state index in [2.05, 4.69) is 19.8 Å². The zero-order valence-corrected chi connectivity index (χ0v) is 12.7. The number of anilines is 1. The van der Waals surface area contributed by atoms with Crippen LogP contribution in [0.3, 0.4) is 0 Å². The quantitative estimate of drug-likeness (QED) is 0.797. The first-order valence-electron chi connectivity index (χ1n) is 6.35. The molecule has 0 fully saturated rings. The van der Waals surface area contributed by atoms with Crippen LogP contribution in [0.25, 0.3) is 22.8 Å². The molecule has 0 aliphatic rings. The molecule has 3 aromatic rings. The van der Waals surface area contributed by atoms with Crippen molar-refractivity contribution in [2.24, 2.45) is 0 Å². The van der Waals surface area contributed by atoms with Crippen molar-refractivity contribution in [3.05, 3.63) is 30.0 Å². The van der Waals surface area contributed by atoms with Gasteiger partial charge in [-0.3, -0.25) is 0 Å². The molecule has 0 atom stereocenters. The molecule has 1 aromatic carbocycles. The third-order valence-corrected chi connectivity index (χ3v) is 4.01. The second-order valence-corrected chi connectivity index (χ2v) is 5.15. The number of ether oxygens (including phenoxy) is 1. The maximum Gasteiger partial charge on any atom is 0.263 e. The molecule has 0 spiro atoms. The zero-order valence-electron chi connectivity index (χ0n) is 11.9. The van der Waals surface area contributed by atoms with E-state index in [9.17, 15) is 0 Å². The molecule has 1 N–H and O–H groups in total. The maximum absolute atomic E-state index is 5.39. The lowest BCUT2D eigenvalue weighted by atomic mass is 10.2. The second kappa shape index (κ2) is 5.53. The zero-order chi connectivity index (χ0) is 14.8. The Kier molecular flexibility index (Phi) is 3.57. The normalized spacial score (nSPS) is 10.6. The summed E-state index contributed by atoms with van der Waals surface area (Å²) in [6, 6.07) is 7.54. The molecule has 0 saturated heterocycles. The van der Waals surface area contributed by atoms with Crippen molar-refractivity contribution in [2.75, 3.05) is 19.5 Å². The van der Waals surface area contributed by atoms with E-state index in [-0.39, 0.29) is 0 Å². The highest BCUT2D eigenvalue weighted by molar-refractivity contribution is 7.10. The fraction of sp³-hybridized carbons (Fsp3) is 0.214. The minimum Gasteiger partial charge on any atom is -0.497 e. The third kappa shape index (κ3) is 2.47. The number of rotatable bonds is 4. The van der Waals surface area contributed by atoms with Crippen LogP contribution < -0.4 is 10.1 Å². The summed E-state index contributed by atoms with van der Waals surface area (Å²) in [6.07, 6.45) is 0. The summed E-state index contributed by atoms with van der Waals surface area (Å²) >= 11 is 1.37.